The van der Waals surface area contributed by atoms with Crippen LogP contribution in [0.3, 0.4) is 0 Å². The fourth-order valence-corrected chi connectivity index (χ4v) is 4.34. The van der Waals surface area contributed by atoms with E-state index in [9.17, 15) is 14.9 Å². The summed E-state index contributed by atoms with van der Waals surface area (Å²) in [5.41, 5.74) is 3.45. The number of nitrogens with zero attached hydrogens (tertiary/aromatic N) is 2. The molecule has 1 saturated carbocycles. The van der Waals surface area contributed by atoms with Gasteiger partial charge in [0, 0.05) is 24.3 Å². The van der Waals surface area contributed by atoms with Gasteiger partial charge in [0.25, 0.3) is 0 Å². The maximum atomic E-state index is 13.0. The second-order valence-corrected chi connectivity index (χ2v) is 7.56. The largest absolute Gasteiger partial charge is 0.446 e. The number of amides is 1. The molecule has 0 saturated heterocycles. The first-order valence-corrected chi connectivity index (χ1v) is 9.87. The van der Waals surface area contributed by atoms with Gasteiger partial charge in [0.05, 0.1) is 6.04 Å². The third-order valence-electron chi connectivity index (χ3n) is 5.84. The second kappa shape index (κ2) is 8.00. The van der Waals surface area contributed by atoms with Gasteiger partial charge in [0.2, 0.25) is 6.04 Å². The van der Waals surface area contributed by atoms with Crippen molar-refractivity contribution in [2.45, 2.75) is 50.3 Å². The maximum absolute atomic E-state index is 13.0. The summed E-state index contributed by atoms with van der Waals surface area (Å²) < 4.78 is 5.79. The molecule has 0 radical (unpaired) electrons. The Morgan fingerprint density at radius 2 is 1.68 bits per heavy atom. The van der Waals surface area contributed by atoms with Gasteiger partial charge in [-0.25, -0.2) is 4.79 Å². The number of benzene rings is 2. The SMILES string of the molecule is O=C(OC1CCC([N+](=O)[O-])CC1)N1CCc2ccccc2C1c1ccccc1. The van der Waals surface area contributed by atoms with E-state index < -0.39 is 6.04 Å². The van der Waals surface area contributed by atoms with Gasteiger partial charge in [-0.2, -0.15) is 0 Å². The molecule has 6 heteroatoms. The van der Waals surface area contributed by atoms with Gasteiger partial charge >= 0.3 is 6.09 Å². The number of carbonyl (C=O) groups excluding carboxylic acids is 1. The van der Waals surface area contributed by atoms with Crippen molar-refractivity contribution in [3.05, 3.63) is 81.4 Å². The molecule has 1 fully saturated rings. The molecular weight excluding hydrogens is 356 g/mol. The third-order valence-corrected chi connectivity index (χ3v) is 5.84. The Hall–Kier alpha value is -2.89. The smallest absolute Gasteiger partial charge is 0.410 e. The Bertz CT molecular complexity index is 847. The minimum absolute atomic E-state index is 0.172. The molecule has 2 aromatic carbocycles. The summed E-state index contributed by atoms with van der Waals surface area (Å²) >= 11 is 0. The molecule has 4 rings (SSSR count). The van der Waals surface area contributed by atoms with Gasteiger partial charge in [0.1, 0.15) is 6.10 Å². The average Bonchev–Trinajstić information content (AvgIpc) is 2.74. The second-order valence-electron chi connectivity index (χ2n) is 7.56. The Balaban J connectivity index is 1.53. The fraction of sp³-hybridized carbons (Fsp3) is 0.409. The van der Waals surface area contributed by atoms with E-state index in [0.717, 1.165) is 17.5 Å². The Morgan fingerprint density at radius 1 is 1.00 bits per heavy atom. The molecule has 1 aliphatic carbocycles. The fourth-order valence-electron chi connectivity index (χ4n) is 4.34. The Labute approximate surface area is 164 Å². The molecule has 1 unspecified atom stereocenters. The van der Waals surface area contributed by atoms with E-state index in [-0.39, 0.29) is 23.2 Å². The molecule has 1 heterocycles. The number of hydrogen-bond donors (Lipinski definition) is 0. The summed E-state index contributed by atoms with van der Waals surface area (Å²) in [5.74, 6) is 0. The van der Waals surface area contributed by atoms with Crippen LogP contribution in [0.25, 0.3) is 0 Å². The first kappa shape index (κ1) is 18.5. The minimum Gasteiger partial charge on any atom is -0.446 e. The summed E-state index contributed by atoms with van der Waals surface area (Å²) in [6.45, 7) is 0.597. The molecule has 146 valence electrons. The lowest BCUT2D eigenvalue weighted by Crippen LogP contribution is -2.43. The van der Waals surface area contributed by atoms with Crippen molar-refractivity contribution in [2.75, 3.05) is 6.54 Å². The van der Waals surface area contributed by atoms with Crippen molar-refractivity contribution >= 4 is 6.09 Å². The van der Waals surface area contributed by atoms with Crippen LogP contribution in [0.15, 0.2) is 54.6 Å². The van der Waals surface area contributed by atoms with Gasteiger partial charge < -0.3 is 4.74 Å². The first-order valence-electron chi connectivity index (χ1n) is 9.87. The lowest BCUT2D eigenvalue weighted by molar-refractivity contribution is -0.527. The van der Waals surface area contributed by atoms with Crippen LogP contribution in [0.5, 0.6) is 0 Å². The zero-order chi connectivity index (χ0) is 19.5. The van der Waals surface area contributed by atoms with Gasteiger partial charge in [-0.1, -0.05) is 54.6 Å². The molecule has 0 spiro atoms. The summed E-state index contributed by atoms with van der Waals surface area (Å²) in [4.78, 5) is 25.6. The third kappa shape index (κ3) is 3.72. The maximum Gasteiger partial charge on any atom is 0.410 e. The van der Waals surface area contributed by atoms with E-state index in [4.69, 9.17) is 4.74 Å². The van der Waals surface area contributed by atoms with Crippen LogP contribution in [0.4, 0.5) is 4.79 Å². The van der Waals surface area contributed by atoms with Gasteiger partial charge in [0.15, 0.2) is 0 Å². The van der Waals surface area contributed by atoms with Crippen molar-refractivity contribution in [3.8, 4) is 0 Å². The molecule has 1 aliphatic heterocycles. The van der Waals surface area contributed by atoms with Crippen molar-refractivity contribution in [3.63, 3.8) is 0 Å². The molecule has 2 aliphatic rings. The van der Waals surface area contributed by atoms with Crippen LogP contribution in [-0.2, 0) is 11.2 Å². The molecular formula is C22H24N2O4. The Morgan fingerprint density at radius 3 is 2.39 bits per heavy atom. The molecule has 6 nitrogen and oxygen atoms in total. The van der Waals surface area contributed by atoms with Crippen molar-refractivity contribution in [1.82, 2.24) is 4.90 Å². The van der Waals surface area contributed by atoms with E-state index in [1.807, 2.05) is 42.5 Å². The van der Waals surface area contributed by atoms with Crippen molar-refractivity contribution in [1.29, 1.82) is 0 Å². The lowest BCUT2D eigenvalue weighted by atomic mass is 9.88. The molecule has 0 bridgehead atoms. The zero-order valence-corrected chi connectivity index (χ0v) is 15.7. The monoisotopic (exact) mass is 380 g/mol. The van der Waals surface area contributed by atoms with E-state index in [1.54, 1.807) is 4.90 Å². The van der Waals surface area contributed by atoms with E-state index in [1.165, 1.54) is 5.56 Å². The van der Waals surface area contributed by atoms with E-state index >= 15 is 0 Å². The summed E-state index contributed by atoms with van der Waals surface area (Å²) in [6.07, 6.45) is 2.27. The molecule has 0 aromatic heterocycles. The first-order chi connectivity index (χ1) is 13.6. The summed E-state index contributed by atoms with van der Waals surface area (Å²) in [6, 6.07) is 17.6. The van der Waals surface area contributed by atoms with E-state index in [0.29, 0.717) is 32.2 Å². The van der Waals surface area contributed by atoms with Gasteiger partial charge in [-0.3, -0.25) is 15.0 Å². The quantitative estimate of drug-likeness (QED) is 0.586. The average molecular weight is 380 g/mol. The van der Waals surface area contributed by atoms with Gasteiger partial charge in [-0.05, 0) is 36.0 Å². The number of hydrogen-bond acceptors (Lipinski definition) is 4. The highest BCUT2D eigenvalue weighted by molar-refractivity contribution is 5.70. The number of nitro groups is 1. The summed E-state index contributed by atoms with van der Waals surface area (Å²) in [7, 11) is 0. The van der Waals surface area contributed by atoms with Crippen LogP contribution in [0, 0.1) is 10.1 Å². The number of carbonyl (C=O) groups is 1. The molecule has 1 amide bonds. The van der Waals surface area contributed by atoms with Crippen molar-refractivity contribution in [2.24, 2.45) is 0 Å². The molecule has 1 atom stereocenters. The van der Waals surface area contributed by atoms with Crippen LogP contribution >= 0.6 is 0 Å². The molecule has 28 heavy (non-hydrogen) atoms. The lowest BCUT2D eigenvalue weighted by Gasteiger charge is -2.38. The number of rotatable bonds is 3. The standard InChI is InChI=1S/C22H24N2O4/c25-22(28-19-12-10-18(11-13-19)24(26)27)23-15-14-16-6-4-5-9-20(16)21(23)17-7-2-1-3-8-17/h1-9,18-19,21H,10-15H2. The normalized spacial score (nSPS) is 24.3. The van der Waals surface area contributed by atoms with Crippen LogP contribution in [-0.4, -0.2) is 34.6 Å². The van der Waals surface area contributed by atoms with Crippen molar-refractivity contribution < 1.29 is 14.5 Å². The highest BCUT2D eigenvalue weighted by Crippen LogP contribution is 2.36. The molecule has 0 N–H and O–H groups in total. The number of ether oxygens (including phenoxy) is 1. The minimum atomic E-state index is -0.506. The number of fused-ring (bicyclic) bond motifs is 1. The van der Waals surface area contributed by atoms with Gasteiger partial charge in [-0.15, -0.1) is 0 Å². The topological polar surface area (TPSA) is 72.7 Å². The summed E-state index contributed by atoms with van der Waals surface area (Å²) in [5, 5.41) is 10.9. The molecule has 2 aromatic rings. The highest BCUT2D eigenvalue weighted by Gasteiger charge is 2.36. The Kier molecular flexibility index (Phi) is 5.28. The zero-order valence-electron chi connectivity index (χ0n) is 15.7. The van der Waals surface area contributed by atoms with Crippen LogP contribution < -0.4 is 0 Å². The van der Waals surface area contributed by atoms with Crippen LogP contribution in [0.2, 0.25) is 0 Å². The van der Waals surface area contributed by atoms with Crippen LogP contribution in [0.1, 0.15) is 48.4 Å². The predicted molar refractivity (Wildman–Crippen MR) is 105 cm³/mol. The predicted octanol–water partition coefficient (Wildman–Crippen LogP) is 4.36. The highest BCUT2D eigenvalue weighted by atomic mass is 16.6. The van der Waals surface area contributed by atoms with E-state index in [2.05, 4.69) is 12.1 Å².